The quantitative estimate of drug-likeness (QED) is 0.660. The Balaban J connectivity index is 1.62. The highest BCUT2D eigenvalue weighted by molar-refractivity contribution is 6.33. The number of fused-ring (bicyclic) bond motifs is 1. The zero-order chi connectivity index (χ0) is 20.6. The number of anilines is 1. The predicted molar refractivity (Wildman–Crippen MR) is 112 cm³/mol. The fourth-order valence-electron chi connectivity index (χ4n) is 3.40. The van der Waals surface area contributed by atoms with Crippen LogP contribution in [0.4, 0.5) is 5.69 Å². The first-order chi connectivity index (χ1) is 13.8. The van der Waals surface area contributed by atoms with E-state index in [2.05, 4.69) is 32.0 Å². The van der Waals surface area contributed by atoms with Crippen molar-refractivity contribution in [1.82, 2.24) is 15.0 Å². The first-order valence-corrected chi connectivity index (χ1v) is 9.93. The lowest BCUT2D eigenvalue weighted by atomic mass is 9.89. The summed E-state index contributed by atoms with van der Waals surface area (Å²) in [4.78, 5) is 25.9. The number of benzene rings is 1. The Kier molecular flexibility index (Phi) is 5.19. The summed E-state index contributed by atoms with van der Waals surface area (Å²) in [5, 5.41) is 9.86. The number of H-pyrrole nitrogens is 1. The molecule has 2 N–H and O–H groups in total. The highest BCUT2D eigenvalue weighted by Gasteiger charge is 2.29. The van der Waals surface area contributed by atoms with Crippen LogP contribution in [0.25, 0.3) is 22.4 Å². The second-order valence-electron chi connectivity index (χ2n) is 7.89. The number of hydrogen-bond acceptors (Lipinski definition) is 5. The molecule has 1 fully saturated rings. The molecular formula is C21H23ClN4O3. The summed E-state index contributed by atoms with van der Waals surface area (Å²) in [5.41, 5.74) is 3.01. The van der Waals surface area contributed by atoms with E-state index in [1.54, 1.807) is 19.9 Å². The van der Waals surface area contributed by atoms with Crippen molar-refractivity contribution in [2.75, 3.05) is 31.2 Å². The first kappa shape index (κ1) is 19.7. The summed E-state index contributed by atoms with van der Waals surface area (Å²) in [6, 6.07) is 9.93. The number of hydrogen-bond donors (Lipinski definition) is 2. The molecule has 1 aromatic carbocycles. The van der Waals surface area contributed by atoms with Gasteiger partial charge in [-0.3, -0.25) is 4.79 Å². The minimum absolute atomic E-state index is 0.278. The van der Waals surface area contributed by atoms with Gasteiger partial charge in [-0.25, -0.2) is 9.97 Å². The lowest BCUT2D eigenvalue weighted by Gasteiger charge is -2.28. The van der Waals surface area contributed by atoms with Crippen LogP contribution in [-0.2, 0) is 16.0 Å². The second kappa shape index (κ2) is 7.65. The van der Waals surface area contributed by atoms with E-state index in [1.165, 1.54) is 0 Å². The van der Waals surface area contributed by atoms with Crippen LogP contribution in [0.1, 0.15) is 19.7 Å². The van der Waals surface area contributed by atoms with Gasteiger partial charge in [-0.1, -0.05) is 23.7 Å². The summed E-state index contributed by atoms with van der Waals surface area (Å²) in [7, 11) is 0. The molecule has 1 aliphatic heterocycles. The summed E-state index contributed by atoms with van der Waals surface area (Å²) >= 11 is 6.49. The van der Waals surface area contributed by atoms with Crippen molar-refractivity contribution in [2.24, 2.45) is 5.41 Å². The molecule has 0 saturated carbocycles. The fraction of sp³-hybridized carbons (Fsp3) is 0.381. The average molecular weight is 415 g/mol. The van der Waals surface area contributed by atoms with Crippen LogP contribution in [0.2, 0.25) is 5.02 Å². The molecule has 0 atom stereocenters. The van der Waals surface area contributed by atoms with E-state index in [1.807, 2.05) is 12.1 Å². The molecule has 29 heavy (non-hydrogen) atoms. The normalized spacial score (nSPS) is 15.1. The lowest BCUT2D eigenvalue weighted by molar-refractivity contribution is -0.146. The summed E-state index contributed by atoms with van der Waals surface area (Å²) < 4.78 is 5.40. The molecule has 0 unspecified atom stereocenters. The van der Waals surface area contributed by atoms with Gasteiger partial charge < -0.3 is 19.7 Å². The number of ether oxygens (including phenoxy) is 1. The second-order valence-corrected chi connectivity index (χ2v) is 8.29. The first-order valence-electron chi connectivity index (χ1n) is 9.55. The lowest BCUT2D eigenvalue weighted by Crippen LogP contribution is -2.36. The standard InChI is InChI=1S/C21H23ClN4O3/c1-21(2,20(27)28)12-17-23-16-11-15(22)18(25-19(16)24-17)13-3-5-14(6-4-13)26-7-9-29-10-8-26/h3-6,11H,7-10,12H2,1-2H3,(H,27,28)(H,23,24,25). The number of aliphatic carboxylic acids is 1. The van der Waals surface area contributed by atoms with Crippen molar-refractivity contribution in [3.63, 3.8) is 0 Å². The zero-order valence-corrected chi connectivity index (χ0v) is 17.2. The Morgan fingerprint density at radius 2 is 1.93 bits per heavy atom. The number of aromatic amines is 1. The van der Waals surface area contributed by atoms with E-state index < -0.39 is 11.4 Å². The maximum Gasteiger partial charge on any atom is 0.309 e. The van der Waals surface area contributed by atoms with Crippen molar-refractivity contribution < 1.29 is 14.6 Å². The number of pyridine rings is 1. The largest absolute Gasteiger partial charge is 0.481 e. The Morgan fingerprint density at radius 1 is 1.24 bits per heavy atom. The predicted octanol–water partition coefficient (Wildman–Crippen LogP) is 3.77. The van der Waals surface area contributed by atoms with Crippen molar-refractivity contribution >= 4 is 34.4 Å². The Hall–Kier alpha value is -2.64. The van der Waals surface area contributed by atoms with Crippen LogP contribution in [0.15, 0.2) is 30.3 Å². The smallest absolute Gasteiger partial charge is 0.309 e. The zero-order valence-electron chi connectivity index (χ0n) is 16.4. The van der Waals surface area contributed by atoms with Crippen LogP contribution < -0.4 is 4.90 Å². The molecule has 8 heteroatoms. The van der Waals surface area contributed by atoms with Gasteiger partial charge in [0.05, 0.1) is 34.9 Å². The van der Waals surface area contributed by atoms with Crippen LogP contribution in [0.5, 0.6) is 0 Å². The maximum atomic E-state index is 11.4. The Labute approximate surface area is 173 Å². The third-order valence-corrected chi connectivity index (χ3v) is 5.47. The number of aromatic nitrogens is 3. The molecule has 0 amide bonds. The SMILES string of the molecule is CC(C)(Cc1nc2nc(-c3ccc(N4CCOCC4)cc3)c(Cl)cc2[nH]1)C(=O)O. The highest BCUT2D eigenvalue weighted by Crippen LogP contribution is 2.31. The number of carboxylic acids is 1. The van der Waals surface area contributed by atoms with Crippen molar-refractivity contribution in [2.45, 2.75) is 20.3 Å². The van der Waals surface area contributed by atoms with E-state index in [0.717, 1.165) is 37.6 Å². The van der Waals surface area contributed by atoms with Gasteiger partial charge in [-0.15, -0.1) is 0 Å². The molecule has 0 bridgehead atoms. The monoisotopic (exact) mass is 414 g/mol. The van der Waals surface area contributed by atoms with E-state index in [4.69, 9.17) is 16.3 Å². The van der Waals surface area contributed by atoms with Crippen LogP contribution in [0, 0.1) is 5.41 Å². The van der Waals surface area contributed by atoms with Crippen molar-refractivity contribution in [1.29, 1.82) is 0 Å². The van der Waals surface area contributed by atoms with Gasteiger partial charge in [0.25, 0.3) is 0 Å². The number of halogens is 1. The third-order valence-electron chi connectivity index (χ3n) is 5.18. The van der Waals surface area contributed by atoms with Gasteiger partial charge in [-0.2, -0.15) is 0 Å². The number of nitrogens with one attached hydrogen (secondary N) is 1. The molecule has 1 aliphatic rings. The Bertz CT molecular complexity index is 1040. The number of carboxylic acid groups (broad SMARTS) is 1. The minimum Gasteiger partial charge on any atom is -0.481 e. The minimum atomic E-state index is -0.921. The third kappa shape index (κ3) is 4.06. The highest BCUT2D eigenvalue weighted by atomic mass is 35.5. The van der Waals surface area contributed by atoms with Gasteiger partial charge >= 0.3 is 5.97 Å². The van der Waals surface area contributed by atoms with Crippen LogP contribution >= 0.6 is 11.6 Å². The molecule has 7 nitrogen and oxygen atoms in total. The molecule has 152 valence electrons. The average Bonchev–Trinajstić information content (AvgIpc) is 3.08. The van der Waals surface area contributed by atoms with Crippen molar-refractivity contribution in [3.8, 4) is 11.3 Å². The molecule has 0 aliphatic carbocycles. The van der Waals surface area contributed by atoms with Crippen LogP contribution in [-0.4, -0.2) is 52.3 Å². The summed E-state index contributed by atoms with van der Waals surface area (Å²) in [6.07, 6.45) is 0.278. The van der Waals surface area contributed by atoms with Gasteiger partial charge in [0.1, 0.15) is 5.82 Å². The molecule has 1 saturated heterocycles. The molecule has 3 aromatic rings. The molecule has 3 heterocycles. The topological polar surface area (TPSA) is 91.3 Å². The van der Waals surface area contributed by atoms with E-state index >= 15 is 0 Å². The molecule has 0 spiro atoms. The Morgan fingerprint density at radius 3 is 2.59 bits per heavy atom. The number of rotatable bonds is 5. The van der Waals surface area contributed by atoms with E-state index in [9.17, 15) is 9.90 Å². The fourth-order valence-corrected chi connectivity index (χ4v) is 3.66. The molecule has 0 radical (unpaired) electrons. The number of morpholine rings is 1. The van der Waals surface area contributed by atoms with Crippen molar-refractivity contribution in [3.05, 3.63) is 41.2 Å². The van der Waals surface area contributed by atoms with Gasteiger partial charge in [-0.05, 0) is 32.0 Å². The number of carbonyl (C=O) groups is 1. The van der Waals surface area contributed by atoms with Gasteiger partial charge in [0.2, 0.25) is 0 Å². The van der Waals surface area contributed by atoms with Gasteiger partial charge in [0, 0.05) is 30.8 Å². The maximum absolute atomic E-state index is 11.4. The van der Waals surface area contributed by atoms with E-state index in [0.29, 0.717) is 27.7 Å². The molecule has 4 rings (SSSR count). The molecule has 2 aromatic heterocycles. The summed E-state index contributed by atoms with van der Waals surface area (Å²) in [6.45, 7) is 6.59. The summed E-state index contributed by atoms with van der Waals surface area (Å²) in [5.74, 6) is -0.291. The molecular weight excluding hydrogens is 392 g/mol. The van der Waals surface area contributed by atoms with E-state index in [-0.39, 0.29) is 6.42 Å². The number of nitrogens with zero attached hydrogens (tertiary/aromatic N) is 3. The number of imidazole rings is 1. The van der Waals surface area contributed by atoms with Crippen LogP contribution in [0.3, 0.4) is 0 Å². The van der Waals surface area contributed by atoms with Gasteiger partial charge in [0.15, 0.2) is 5.65 Å².